The van der Waals surface area contributed by atoms with Crippen LogP contribution in [0.25, 0.3) is 0 Å². The number of rotatable bonds is 4. The van der Waals surface area contributed by atoms with Crippen molar-refractivity contribution in [1.82, 2.24) is 10.2 Å². The van der Waals surface area contributed by atoms with Crippen LogP contribution in [0.2, 0.25) is 0 Å². The molecule has 232 valence electrons. The van der Waals surface area contributed by atoms with E-state index < -0.39 is 0 Å². The third-order valence-corrected chi connectivity index (χ3v) is 6.81. The number of nitrogens with zero attached hydrogens (tertiary/aromatic N) is 1. The largest absolute Gasteiger partial charge is 0.459 e. The van der Waals surface area contributed by atoms with E-state index in [0.29, 0.717) is 44.4 Å². The van der Waals surface area contributed by atoms with Gasteiger partial charge in [-0.1, -0.05) is 70.8 Å². The van der Waals surface area contributed by atoms with Gasteiger partial charge < -0.3 is 19.4 Å². The molecule has 0 bridgehead atoms. The number of morpholine rings is 1. The van der Waals surface area contributed by atoms with Crippen molar-refractivity contribution < 1.29 is 23.5 Å². The highest BCUT2D eigenvalue weighted by molar-refractivity contribution is 5.95. The van der Waals surface area contributed by atoms with Crippen LogP contribution in [-0.4, -0.2) is 55.3 Å². The number of hydrogen-bond acceptors (Lipinski definition) is 5. The number of hydrogen-bond donors (Lipinski definition) is 1. The third kappa shape index (κ3) is 12.4. The molecule has 2 fully saturated rings. The smallest absolute Gasteiger partial charge is 0.254 e. The predicted molar refractivity (Wildman–Crippen MR) is 174 cm³/mol. The lowest BCUT2D eigenvalue weighted by Crippen LogP contribution is -2.40. The van der Waals surface area contributed by atoms with E-state index in [1.54, 1.807) is 19.1 Å². The zero-order valence-corrected chi connectivity index (χ0v) is 26.5. The molecule has 1 saturated carbocycles. The van der Waals surface area contributed by atoms with Crippen LogP contribution in [-0.2, 0) is 4.74 Å². The van der Waals surface area contributed by atoms with Gasteiger partial charge in [-0.05, 0) is 83.9 Å². The van der Waals surface area contributed by atoms with Gasteiger partial charge in [-0.2, -0.15) is 0 Å². The SMILES string of the molecule is Cc1ccc(C=O)o1.Cc1cccc(C(=O)N2CCOCC2)c1.Cc1cccc(C(=O)NC2CC2)c1.Cc1cccc(C)c1. The van der Waals surface area contributed by atoms with Gasteiger partial charge in [0.15, 0.2) is 12.0 Å². The van der Waals surface area contributed by atoms with E-state index in [0.717, 1.165) is 40.9 Å². The monoisotopic (exact) mass is 596 g/mol. The van der Waals surface area contributed by atoms with Gasteiger partial charge >= 0.3 is 0 Å². The Bertz CT molecular complexity index is 1480. The molecule has 0 atom stereocenters. The average molecular weight is 597 g/mol. The maximum absolute atomic E-state index is 12.0. The Labute approximate surface area is 261 Å². The van der Waals surface area contributed by atoms with Crippen molar-refractivity contribution in [3.63, 3.8) is 0 Å². The number of carbonyl (C=O) groups is 3. The molecule has 0 unspecified atom stereocenters. The number of furan rings is 1. The number of ether oxygens (including phenoxy) is 1. The van der Waals surface area contributed by atoms with E-state index in [1.807, 2.05) is 67.3 Å². The van der Waals surface area contributed by atoms with E-state index in [2.05, 4.69) is 43.4 Å². The number of carbonyl (C=O) groups excluding carboxylic acids is 3. The van der Waals surface area contributed by atoms with Gasteiger partial charge in [0.1, 0.15) is 5.76 Å². The molecule has 3 aromatic carbocycles. The van der Waals surface area contributed by atoms with Crippen LogP contribution in [0.1, 0.15) is 72.1 Å². The molecule has 1 aliphatic heterocycles. The topological polar surface area (TPSA) is 88.8 Å². The lowest BCUT2D eigenvalue weighted by atomic mass is 10.1. The quantitative estimate of drug-likeness (QED) is 0.255. The summed E-state index contributed by atoms with van der Waals surface area (Å²) in [5.74, 6) is 1.34. The molecule has 1 aliphatic carbocycles. The van der Waals surface area contributed by atoms with Crippen molar-refractivity contribution in [2.75, 3.05) is 26.3 Å². The van der Waals surface area contributed by atoms with Crippen LogP contribution in [0.4, 0.5) is 0 Å². The molecule has 1 aromatic heterocycles. The van der Waals surface area contributed by atoms with Crippen LogP contribution >= 0.6 is 0 Å². The Hall–Kier alpha value is -4.49. The Kier molecular flexibility index (Phi) is 13.6. The molecule has 1 saturated heterocycles. The first kappa shape index (κ1) is 34.0. The highest BCUT2D eigenvalue weighted by Gasteiger charge is 2.23. The van der Waals surface area contributed by atoms with Crippen LogP contribution in [0.5, 0.6) is 0 Å². The first-order chi connectivity index (χ1) is 21.1. The lowest BCUT2D eigenvalue weighted by Gasteiger charge is -2.26. The predicted octanol–water partition coefficient (Wildman–Crippen LogP) is 7.06. The zero-order valence-electron chi connectivity index (χ0n) is 26.5. The fraction of sp³-hybridized carbons (Fsp3) is 0.324. The fourth-order valence-corrected chi connectivity index (χ4v) is 4.33. The van der Waals surface area contributed by atoms with Gasteiger partial charge in [0.2, 0.25) is 0 Å². The maximum Gasteiger partial charge on any atom is 0.254 e. The Balaban J connectivity index is 0.000000166. The van der Waals surface area contributed by atoms with Gasteiger partial charge in [0.05, 0.1) is 13.2 Å². The van der Waals surface area contributed by atoms with E-state index in [-0.39, 0.29) is 11.8 Å². The first-order valence-corrected chi connectivity index (χ1v) is 15.0. The van der Waals surface area contributed by atoms with Crippen LogP contribution in [0.3, 0.4) is 0 Å². The van der Waals surface area contributed by atoms with Crippen molar-refractivity contribution >= 4 is 18.1 Å². The van der Waals surface area contributed by atoms with E-state index in [9.17, 15) is 14.4 Å². The summed E-state index contributed by atoms with van der Waals surface area (Å²) >= 11 is 0. The molecule has 2 heterocycles. The van der Waals surface area contributed by atoms with Crippen molar-refractivity contribution in [3.05, 3.63) is 130 Å². The summed E-state index contributed by atoms with van der Waals surface area (Å²) in [6, 6.07) is 27.7. The third-order valence-electron chi connectivity index (χ3n) is 6.81. The van der Waals surface area contributed by atoms with Crippen molar-refractivity contribution in [2.24, 2.45) is 0 Å². The second-order valence-electron chi connectivity index (χ2n) is 11.1. The fourth-order valence-electron chi connectivity index (χ4n) is 4.33. The summed E-state index contributed by atoms with van der Waals surface area (Å²) < 4.78 is 10.1. The molecule has 44 heavy (non-hydrogen) atoms. The minimum absolute atomic E-state index is 0.0613. The maximum atomic E-state index is 12.0. The number of aldehydes is 1. The molecule has 6 rings (SSSR count). The van der Waals surface area contributed by atoms with Gasteiger partial charge in [-0.3, -0.25) is 14.4 Å². The summed E-state index contributed by atoms with van der Waals surface area (Å²) in [5.41, 5.74) is 6.47. The zero-order chi connectivity index (χ0) is 31.9. The van der Waals surface area contributed by atoms with Crippen molar-refractivity contribution in [3.8, 4) is 0 Å². The highest BCUT2D eigenvalue weighted by atomic mass is 16.5. The highest BCUT2D eigenvalue weighted by Crippen LogP contribution is 2.19. The second kappa shape index (κ2) is 17.6. The molecule has 2 amide bonds. The first-order valence-electron chi connectivity index (χ1n) is 15.0. The molecule has 4 aromatic rings. The molecule has 7 heteroatoms. The summed E-state index contributed by atoms with van der Waals surface area (Å²) in [6.07, 6.45) is 2.96. The lowest BCUT2D eigenvalue weighted by molar-refractivity contribution is 0.0303. The molecule has 0 spiro atoms. The molecule has 2 aliphatic rings. The summed E-state index contributed by atoms with van der Waals surface area (Å²) in [7, 11) is 0. The molecular formula is C37H44N2O5. The molecule has 1 N–H and O–H groups in total. The van der Waals surface area contributed by atoms with Crippen molar-refractivity contribution in [1.29, 1.82) is 0 Å². The summed E-state index contributed by atoms with van der Waals surface area (Å²) in [4.78, 5) is 35.3. The molecular weight excluding hydrogens is 552 g/mol. The van der Waals surface area contributed by atoms with E-state index >= 15 is 0 Å². The number of aryl methyl sites for hydroxylation is 5. The summed E-state index contributed by atoms with van der Waals surface area (Å²) in [5, 5.41) is 2.96. The average Bonchev–Trinajstić information content (AvgIpc) is 3.74. The van der Waals surface area contributed by atoms with Gasteiger partial charge in [-0.15, -0.1) is 0 Å². The minimum Gasteiger partial charge on any atom is -0.459 e. The summed E-state index contributed by atoms with van der Waals surface area (Å²) in [6.45, 7) is 12.7. The molecule has 0 radical (unpaired) electrons. The number of amides is 2. The van der Waals surface area contributed by atoms with Crippen molar-refractivity contribution in [2.45, 2.75) is 53.5 Å². The Morgan fingerprint density at radius 2 is 1.25 bits per heavy atom. The Morgan fingerprint density at radius 1 is 0.727 bits per heavy atom. The van der Waals surface area contributed by atoms with Gasteiger partial charge in [-0.25, -0.2) is 0 Å². The van der Waals surface area contributed by atoms with Gasteiger partial charge in [0.25, 0.3) is 11.8 Å². The van der Waals surface area contributed by atoms with Crippen LogP contribution < -0.4 is 5.32 Å². The Morgan fingerprint density at radius 3 is 1.68 bits per heavy atom. The molecule has 7 nitrogen and oxygen atoms in total. The van der Waals surface area contributed by atoms with Crippen LogP contribution in [0, 0.1) is 34.6 Å². The van der Waals surface area contributed by atoms with E-state index in [1.165, 1.54) is 11.1 Å². The van der Waals surface area contributed by atoms with Crippen LogP contribution in [0.15, 0.2) is 89.3 Å². The normalized spacial score (nSPS) is 13.5. The number of nitrogens with one attached hydrogen (secondary N) is 1. The number of benzene rings is 3. The van der Waals surface area contributed by atoms with Gasteiger partial charge in [0, 0.05) is 30.3 Å². The second-order valence-corrected chi connectivity index (χ2v) is 11.1. The standard InChI is InChI=1S/C12H15NO2.C11H13NO.C8H10.C6H6O2/c1-10-3-2-4-11(9-10)12(14)13-5-7-15-8-6-13;1-8-3-2-4-9(7-8)11(13)12-10-5-6-10;1-7-4-3-5-8(2)6-7;1-5-2-3-6(4-7)8-5/h2-4,9H,5-8H2,1H3;2-4,7,10H,5-6H2,1H3,(H,12,13);3-6H,1-2H3;2-4H,1H3. The minimum atomic E-state index is 0.0613. The van der Waals surface area contributed by atoms with E-state index in [4.69, 9.17) is 9.15 Å².